The van der Waals surface area contributed by atoms with E-state index in [1.807, 2.05) is 48.6 Å². The Labute approximate surface area is 185 Å². The van der Waals surface area contributed by atoms with Crippen LogP contribution in [0.15, 0.2) is 98.1 Å². The molecule has 5 aliphatic heterocycles. The third-order valence-electron chi connectivity index (χ3n) is 6.05. The zero-order valence-corrected chi connectivity index (χ0v) is 18.1. The number of aromatic amines is 1. The molecule has 0 spiro atoms. The van der Waals surface area contributed by atoms with Crippen molar-refractivity contribution < 1.29 is 0 Å². The van der Waals surface area contributed by atoms with Gasteiger partial charge in [0.25, 0.3) is 0 Å². The second-order valence-electron chi connectivity index (χ2n) is 8.26. The van der Waals surface area contributed by atoms with Crippen LogP contribution in [0.4, 0.5) is 0 Å². The van der Waals surface area contributed by atoms with Gasteiger partial charge in [-0.2, -0.15) is 0 Å². The van der Waals surface area contributed by atoms with Gasteiger partial charge in [-0.3, -0.25) is 0 Å². The maximum Gasteiger partial charge on any atom is 0.119 e. The zero-order valence-electron chi connectivity index (χ0n) is 18.1. The monoisotopic (exact) mass is 418 g/mol. The van der Waals surface area contributed by atoms with Crippen molar-refractivity contribution in [3.05, 3.63) is 99.4 Å². The fourth-order valence-corrected chi connectivity index (χ4v) is 4.17. The van der Waals surface area contributed by atoms with Gasteiger partial charge >= 0.3 is 0 Å². The van der Waals surface area contributed by atoms with Gasteiger partial charge in [-0.25, -0.2) is 15.0 Å². The minimum Gasteiger partial charge on any atom is -0.355 e. The van der Waals surface area contributed by atoms with Crippen LogP contribution < -0.4 is 15.9 Å². The summed E-state index contributed by atoms with van der Waals surface area (Å²) < 4.78 is 0. The van der Waals surface area contributed by atoms with E-state index in [0.29, 0.717) is 0 Å². The van der Waals surface area contributed by atoms with Crippen LogP contribution in [0.5, 0.6) is 0 Å². The lowest BCUT2D eigenvalue weighted by molar-refractivity contribution is 0.599. The lowest BCUT2D eigenvalue weighted by Crippen LogP contribution is -2.33. The molecule has 0 unspecified atom stereocenters. The molecule has 0 saturated carbocycles. The van der Waals surface area contributed by atoms with Gasteiger partial charge in [-0.15, -0.1) is 0 Å². The lowest BCUT2D eigenvalue weighted by Gasteiger charge is -2.13. The van der Waals surface area contributed by atoms with Crippen LogP contribution in [0.25, 0.3) is 18.0 Å². The molecule has 0 radical (unpaired) electrons. The predicted molar refractivity (Wildman–Crippen MR) is 131 cm³/mol. The molecular formula is C26H22N6. The maximum atomic E-state index is 4.78. The van der Waals surface area contributed by atoms with Gasteiger partial charge in [0, 0.05) is 29.4 Å². The molecule has 6 heterocycles. The van der Waals surface area contributed by atoms with Crippen LogP contribution in [0.3, 0.4) is 0 Å². The fourth-order valence-electron chi connectivity index (χ4n) is 4.17. The van der Waals surface area contributed by atoms with Crippen molar-refractivity contribution in [2.75, 3.05) is 7.05 Å². The van der Waals surface area contributed by atoms with E-state index in [0.717, 1.165) is 62.0 Å². The number of aliphatic imine (C=N–C) groups is 3. The Morgan fingerprint density at radius 3 is 1.84 bits per heavy atom. The molecule has 6 rings (SSSR count). The van der Waals surface area contributed by atoms with Crippen molar-refractivity contribution in [3.8, 4) is 0 Å². The van der Waals surface area contributed by atoms with Crippen LogP contribution in [0.2, 0.25) is 0 Å². The summed E-state index contributed by atoms with van der Waals surface area (Å²) in [6.45, 7) is 4.22. The molecule has 2 N–H and O–H groups in total. The number of hydrogen-bond acceptors (Lipinski definition) is 5. The normalized spacial score (nSPS) is 22.4. The van der Waals surface area contributed by atoms with Crippen molar-refractivity contribution >= 4 is 35.1 Å². The number of nitrogens with zero attached hydrogens (tertiary/aromatic N) is 4. The highest BCUT2D eigenvalue weighted by Crippen LogP contribution is 2.20. The first-order valence-corrected chi connectivity index (χ1v) is 10.6. The first-order valence-electron chi connectivity index (χ1n) is 10.6. The molecule has 6 nitrogen and oxygen atoms in total. The standard InChI is InChI=1S/C26H22N6/c1-15-16(2)32(3)26(27-15)24-13-23-12-21-7-6-19(29-21)10-17-4-5-18(28-17)11-20-8-9-22(30-20)14-25(24)31-23/h4-14,27,31H,1-3H3. The number of fused-ring (bicyclic) bond motifs is 5. The fraction of sp³-hybridized carbons (Fsp3) is 0.115. The van der Waals surface area contributed by atoms with Gasteiger partial charge < -0.3 is 15.2 Å². The Bertz CT molecular complexity index is 1510. The summed E-state index contributed by atoms with van der Waals surface area (Å²) in [7, 11) is 2.08. The molecule has 0 atom stereocenters. The van der Waals surface area contributed by atoms with Gasteiger partial charge in [-0.05, 0) is 80.7 Å². The minimum atomic E-state index is 0.888. The molecule has 0 aliphatic carbocycles. The molecule has 8 bridgehead atoms. The third-order valence-corrected chi connectivity index (χ3v) is 6.05. The van der Waals surface area contributed by atoms with Gasteiger partial charge in [0.15, 0.2) is 0 Å². The summed E-state index contributed by atoms with van der Waals surface area (Å²) in [5.74, 6) is 1.05. The molecule has 0 saturated heterocycles. The highest BCUT2D eigenvalue weighted by molar-refractivity contribution is 6.20. The smallest absolute Gasteiger partial charge is 0.119 e. The molecule has 1 aromatic heterocycles. The van der Waals surface area contributed by atoms with E-state index in [1.54, 1.807) is 0 Å². The van der Waals surface area contributed by atoms with Crippen LogP contribution >= 0.6 is 0 Å². The quantitative estimate of drug-likeness (QED) is 0.680. The summed E-state index contributed by atoms with van der Waals surface area (Å²) in [4.78, 5) is 19.9. The molecular weight excluding hydrogens is 396 g/mol. The number of H-pyrrole nitrogens is 1. The minimum absolute atomic E-state index is 0.888. The van der Waals surface area contributed by atoms with Crippen LogP contribution in [-0.4, -0.2) is 34.1 Å². The van der Waals surface area contributed by atoms with Crippen LogP contribution in [0.1, 0.15) is 19.5 Å². The predicted octanol–water partition coefficient (Wildman–Crippen LogP) is 2.80. The zero-order chi connectivity index (χ0) is 21.8. The van der Waals surface area contributed by atoms with E-state index in [9.17, 15) is 0 Å². The van der Waals surface area contributed by atoms with E-state index >= 15 is 0 Å². The number of allylic oxidation sites excluding steroid dienone is 10. The first kappa shape index (κ1) is 18.6. The SMILES string of the molecule is CC1=C(C)N(C)C(=c2cc3[nH]c2=CC2=NC(=CC4=NC(=CC5=NC(=C3)C=C5)C=C4)C=C2)N1. The molecule has 1 aromatic rings. The van der Waals surface area contributed by atoms with Gasteiger partial charge in [0.1, 0.15) is 5.82 Å². The Balaban J connectivity index is 1.58. The van der Waals surface area contributed by atoms with Crippen LogP contribution in [-0.2, 0) is 0 Å². The highest BCUT2D eigenvalue weighted by atomic mass is 15.3. The Morgan fingerprint density at radius 1 is 0.719 bits per heavy atom. The summed E-state index contributed by atoms with van der Waals surface area (Å²) in [5.41, 5.74) is 8.70. The molecule has 0 aromatic carbocycles. The molecule has 32 heavy (non-hydrogen) atoms. The largest absolute Gasteiger partial charge is 0.355 e. The average molecular weight is 419 g/mol. The van der Waals surface area contributed by atoms with Gasteiger partial charge in [-0.1, -0.05) is 0 Å². The van der Waals surface area contributed by atoms with Crippen molar-refractivity contribution in [2.45, 2.75) is 13.8 Å². The topological polar surface area (TPSA) is 68.1 Å². The lowest BCUT2D eigenvalue weighted by atomic mass is 10.2. The van der Waals surface area contributed by atoms with E-state index in [4.69, 9.17) is 9.98 Å². The van der Waals surface area contributed by atoms with Crippen molar-refractivity contribution in [3.63, 3.8) is 0 Å². The number of rotatable bonds is 0. The highest BCUT2D eigenvalue weighted by Gasteiger charge is 2.19. The van der Waals surface area contributed by atoms with E-state index in [2.05, 4.69) is 59.3 Å². The number of aromatic nitrogens is 1. The van der Waals surface area contributed by atoms with Crippen molar-refractivity contribution in [2.24, 2.45) is 15.0 Å². The van der Waals surface area contributed by atoms with E-state index in [1.165, 1.54) is 5.70 Å². The second kappa shape index (κ2) is 6.92. The molecule has 0 amide bonds. The Hall–Kier alpha value is -4.19. The van der Waals surface area contributed by atoms with Crippen LogP contribution in [0, 0.1) is 0 Å². The summed E-state index contributed by atoms with van der Waals surface area (Å²) in [6.07, 6.45) is 20.2. The van der Waals surface area contributed by atoms with Gasteiger partial charge in [0.05, 0.1) is 39.6 Å². The Morgan fingerprint density at radius 2 is 1.28 bits per heavy atom. The molecule has 156 valence electrons. The number of hydrogen-bond donors (Lipinski definition) is 2. The van der Waals surface area contributed by atoms with Gasteiger partial charge in [0.2, 0.25) is 0 Å². The molecule has 5 aliphatic rings. The summed E-state index contributed by atoms with van der Waals surface area (Å²) in [5, 5.41) is 5.62. The summed E-state index contributed by atoms with van der Waals surface area (Å²) >= 11 is 0. The van der Waals surface area contributed by atoms with Crippen molar-refractivity contribution in [1.82, 2.24) is 15.2 Å². The Kier molecular flexibility index (Phi) is 4.01. The maximum absolute atomic E-state index is 4.78. The molecule has 6 heteroatoms. The van der Waals surface area contributed by atoms with Crippen molar-refractivity contribution in [1.29, 1.82) is 0 Å². The third kappa shape index (κ3) is 3.17. The summed E-state index contributed by atoms with van der Waals surface area (Å²) in [6, 6.07) is 2.16. The first-order chi connectivity index (χ1) is 15.5. The number of nitrogens with one attached hydrogen (secondary N) is 2. The molecule has 0 fully saturated rings. The van der Waals surface area contributed by atoms with E-state index in [-0.39, 0.29) is 0 Å². The second-order valence-corrected chi connectivity index (χ2v) is 8.26. The van der Waals surface area contributed by atoms with E-state index < -0.39 is 0 Å². The average Bonchev–Trinajstić information content (AvgIpc) is 3.57.